The standard InChI is InChI=1S/C6H11N3O/c1-6(2,4-8-9-7)5-3-10-5/h5H,3-4H2,1-2H3. The molecular weight excluding hydrogens is 130 g/mol. The summed E-state index contributed by atoms with van der Waals surface area (Å²) in [6.07, 6.45) is 0.304. The monoisotopic (exact) mass is 141 g/mol. The third kappa shape index (κ3) is 1.62. The first-order valence-electron chi connectivity index (χ1n) is 3.29. The molecule has 0 aromatic heterocycles. The summed E-state index contributed by atoms with van der Waals surface area (Å²) in [5.74, 6) is 0. The molecule has 1 atom stereocenters. The lowest BCUT2D eigenvalue weighted by atomic mass is 9.90. The van der Waals surface area contributed by atoms with Crippen LogP contribution in [0.15, 0.2) is 5.11 Å². The van der Waals surface area contributed by atoms with Crippen LogP contribution in [-0.2, 0) is 4.74 Å². The summed E-state index contributed by atoms with van der Waals surface area (Å²) in [6, 6.07) is 0. The molecule has 1 saturated heterocycles. The molecule has 10 heavy (non-hydrogen) atoms. The smallest absolute Gasteiger partial charge is 0.0862 e. The van der Waals surface area contributed by atoms with E-state index in [-0.39, 0.29) is 5.41 Å². The number of hydrogen-bond acceptors (Lipinski definition) is 2. The molecule has 0 aliphatic carbocycles. The van der Waals surface area contributed by atoms with Gasteiger partial charge in [0.25, 0.3) is 0 Å². The summed E-state index contributed by atoms with van der Waals surface area (Å²) in [4.78, 5) is 2.70. The Hall–Kier alpha value is -0.730. The van der Waals surface area contributed by atoms with Gasteiger partial charge in [0.2, 0.25) is 0 Å². The highest BCUT2D eigenvalue weighted by Crippen LogP contribution is 2.32. The highest BCUT2D eigenvalue weighted by molar-refractivity contribution is 4.88. The van der Waals surface area contributed by atoms with Gasteiger partial charge in [0.15, 0.2) is 0 Å². The normalized spacial score (nSPS) is 23.6. The minimum absolute atomic E-state index is 0.0201. The van der Waals surface area contributed by atoms with Crippen molar-refractivity contribution in [2.24, 2.45) is 10.5 Å². The first-order chi connectivity index (χ1) is 4.67. The number of hydrogen-bond donors (Lipinski definition) is 0. The molecule has 0 aromatic carbocycles. The van der Waals surface area contributed by atoms with Crippen molar-refractivity contribution in [3.05, 3.63) is 10.4 Å². The van der Waals surface area contributed by atoms with Crippen molar-refractivity contribution in [2.45, 2.75) is 20.0 Å². The molecule has 0 aromatic rings. The number of rotatable bonds is 3. The van der Waals surface area contributed by atoms with Gasteiger partial charge in [-0.3, -0.25) is 0 Å². The zero-order valence-electron chi connectivity index (χ0n) is 6.24. The summed E-state index contributed by atoms with van der Waals surface area (Å²) in [7, 11) is 0. The molecule has 1 heterocycles. The molecule has 0 spiro atoms. The molecule has 0 bridgehead atoms. The van der Waals surface area contributed by atoms with E-state index < -0.39 is 0 Å². The van der Waals surface area contributed by atoms with E-state index in [9.17, 15) is 0 Å². The van der Waals surface area contributed by atoms with Gasteiger partial charge < -0.3 is 4.74 Å². The lowest BCUT2D eigenvalue weighted by molar-refractivity contribution is 0.250. The van der Waals surface area contributed by atoms with E-state index in [4.69, 9.17) is 10.3 Å². The average Bonchev–Trinajstić information content (AvgIpc) is 2.64. The summed E-state index contributed by atoms with van der Waals surface area (Å²) >= 11 is 0. The summed E-state index contributed by atoms with van der Waals surface area (Å²) in [5, 5.41) is 3.51. The Morgan fingerprint density at radius 1 is 1.80 bits per heavy atom. The summed E-state index contributed by atoms with van der Waals surface area (Å²) in [6.45, 7) is 5.42. The van der Waals surface area contributed by atoms with Crippen LogP contribution >= 0.6 is 0 Å². The molecule has 1 rings (SSSR count). The lowest BCUT2D eigenvalue weighted by Crippen LogP contribution is -2.22. The maximum Gasteiger partial charge on any atom is 0.0862 e. The van der Waals surface area contributed by atoms with E-state index in [2.05, 4.69) is 10.0 Å². The third-order valence-corrected chi connectivity index (χ3v) is 1.75. The second-order valence-corrected chi connectivity index (χ2v) is 3.20. The van der Waals surface area contributed by atoms with E-state index in [0.717, 1.165) is 6.61 Å². The maximum atomic E-state index is 8.05. The topological polar surface area (TPSA) is 61.3 Å². The number of ether oxygens (including phenoxy) is 1. The largest absolute Gasteiger partial charge is 0.373 e. The fraction of sp³-hybridized carbons (Fsp3) is 1.00. The third-order valence-electron chi connectivity index (χ3n) is 1.75. The maximum absolute atomic E-state index is 8.05. The lowest BCUT2D eigenvalue weighted by Gasteiger charge is -2.17. The second-order valence-electron chi connectivity index (χ2n) is 3.20. The minimum atomic E-state index is 0.0201. The van der Waals surface area contributed by atoms with Crippen molar-refractivity contribution in [3.8, 4) is 0 Å². The molecule has 1 aliphatic heterocycles. The van der Waals surface area contributed by atoms with E-state index in [1.807, 2.05) is 13.8 Å². The van der Waals surface area contributed by atoms with Gasteiger partial charge in [0.1, 0.15) is 0 Å². The number of azide groups is 1. The van der Waals surface area contributed by atoms with Crippen LogP contribution in [-0.4, -0.2) is 19.3 Å². The highest BCUT2D eigenvalue weighted by Gasteiger charge is 2.38. The predicted molar refractivity (Wildman–Crippen MR) is 37.5 cm³/mol. The molecule has 0 radical (unpaired) electrons. The Bertz CT molecular complexity index is 168. The van der Waals surface area contributed by atoms with Gasteiger partial charge in [0.05, 0.1) is 12.7 Å². The SMILES string of the molecule is CC(C)(CN=[N+]=[N-])C1CO1. The molecule has 0 saturated carbocycles. The van der Waals surface area contributed by atoms with E-state index >= 15 is 0 Å². The minimum Gasteiger partial charge on any atom is -0.373 e. The predicted octanol–water partition coefficient (Wildman–Crippen LogP) is 1.72. The second kappa shape index (κ2) is 2.48. The zero-order valence-corrected chi connectivity index (χ0v) is 6.24. The molecule has 4 heteroatoms. The van der Waals surface area contributed by atoms with Crippen molar-refractivity contribution in [1.29, 1.82) is 0 Å². The Labute approximate surface area is 59.8 Å². The van der Waals surface area contributed by atoms with Gasteiger partial charge in [-0.2, -0.15) is 0 Å². The van der Waals surface area contributed by atoms with Gasteiger partial charge in [-0.05, 0) is 10.9 Å². The molecule has 0 amide bonds. The van der Waals surface area contributed by atoms with Crippen LogP contribution in [0, 0.1) is 5.41 Å². The van der Waals surface area contributed by atoms with Gasteiger partial charge >= 0.3 is 0 Å². The Balaban J connectivity index is 2.41. The summed E-state index contributed by atoms with van der Waals surface area (Å²) in [5.41, 5.74) is 8.07. The number of nitrogens with zero attached hydrogens (tertiary/aromatic N) is 3. The van der Waals surface area contributed by atoms with Crippen molar-refractivity contribution in [3.63, 3.8) is 0 Å². The van der Waals surface area contributed by atoms with Crippen molar-refractivity contribution < 1.29 is 4.74 Å². The molecule has 4 nitrogen and oxygen atoms in total. The van der Waals surface area contributed by atoms with Gasteiger partial charge in [-0.1, -0.05) is 19.0 Å². The Morgan fingerprint density at radius 2 is 2.40 bits per heavy atom. The van der Waals surface area contributed by atoms with E-state index in [0.29, 0.717) is 12.6 Å². The van der Waals surface area contributed by atoms with Crippen molar-refractivity contribution in [2.75, 3.05) is 13.2 Å². The highest BCUT2D eigenvalue weighted by atomic mass is 16.6. The molecule has 0 N–H and O–H groups in total. The molecule has 1 unspecified atom stereocenters. The molecular formula is C6H11N3O. The first-order valence-corrected chi connectivity index (χ1v) is 3.29. The van der Waals surface area contributed by atoms with Gasteiger partial charge in [-0.15, -0.1) is 0 Å². The Morgan fingerprint density at radius 3 is 2.80 bits per heavy atom. The quantitative estimate of drug-likeness (QED) is 0.255. The van der Waals surface area contributed by atoms with Crippen LogP contribution in [0.2, 0.25) is 0 Å². The van der Waals surface area contributed by atoms with Crippen molar-refractivity contribution >= 4 is 0 Å². The fourth-order valence-electron chi connectivity index (χ4n) is 0.815. The van der Waals surface area contributed by atoms with Crippen molar-refractivity contribution in [1.82, 2.24) is 0 Å². The van der Waals surface area contributed by atoms with Crippen LogP contribution in [0.5, 0.6) is 0 Å². The average molecular weight is 141 g/mol. The van der Waals surface area contributed by atoms with Crippen LogP contribution in [0.1, 0.15) is 13.8 Å². The molecule has 1 fully saturated rings. The summed E-state index contributed by atoms with van der Waals surface area (Å²) < 4.78 is 5.09. The van der Waals surface area contributed by atoms with Gasteiger partial charge in [0, 0.05) is 11.5 Å². The van der Waals surface area contributed by atoms with Gasteiger partial charge in [-0.25, -0.2) is 0 Å². The fourth-order valence-corrected chi connectivity index (χ4v) is 0.815. The Kier molecular flexibility index (Phi) is 1.83. The van der Waals surface area contributed by atoms with E-state index in [1.54, 1.807) is 0 Å². The van der Waals surface area contributed by atoms with Crippen LogP contribution < -0.4 is 0 Å². The number of epoxide rings is 1. The van der Waals surface area contributed by atoms with Crippen LogP contribution in [0.4, 0.5) is 0 Å². The zero-order chi connectivity index (χ0) is 7.61. The molecule has 56 valence electrons. The molecule has 1 aliphatic rings. The first kappa shape index (κ1) is 7.38. The van der Waals surface area contributed by atoms with Crippen LogP contribution in [0.25, 0.3) is 10.4 Å². The van der Waals surface area contributed by atoms with E-state index in [1.165, 1.54) is 0 Å². The van der Waals surface area contributed by atoms with Crippen LogP contribution in [0.3, 0.4) is 0 Å².